The lowest BCUT2D eigenvalue weighted by Gasteiger charge is -2.07. The predicted octanol–water partition coefficient (Wildman–Crippen LogP) is 1.34. The summed E-state index contributed by atoms with van der Waals surface area (Å²) in [5.41, 5.74) is 0.690. The second-order valence-electron chi connectivity index (χ2n) is 5.66. The number of rotatable bonds is 9. The molecular weight excluding hydrogens is 288 g/mol. The minimum absolute atomic E-state index is 0.0105. The Morgan fingerprint density at radius 2 is 2.23 bits per heavy atom. The van der Waals surface area contributed by atoms with Gasteiger partial charge >= 0.3 is 5.69 Å². The Kier molecular flexibility index (Phi) is 5.48. The van der Waals surface area contributed by atoms with E-state index in [0.29, 0.717) is 24.5 Å². The first-order valence-electron chi connectivity index (χ1n) is 7.52. The van der Waals surface area contributed by atoms with Crippen molar-refractivity contribution in [1.82, 2.24) is 15.1 Å². The standard InChI is InChI=1S/C14H22N4O4/c1-10-14(18(20)21)11(2)17(16-10)8-13(19)15-6-3-7-22-9-12-4-5-12/h12H,3-9H2,1-2H3,(H,15,19). The third-order valence-corrected chi connectivity index (χ3v) is 3.66. The number of carbonyl (C=O) groups is 1. The number of nitro groups is 1. The molecule has 8 heteroatoms. The van der Waals surface area contributed by atoms with Crippen molar-refractivity contribution in [1.29, 1.82) is 0 Å². The number of nitrogens with zero attached hydrogens (tertiary/aromatic N) is 3. The fourth-order valence-corrected chi connectivity index (χ4v) is 2.23. The Morgan fingerprint density at radius 3 is 2.82 bits per heavy atom. The number of hydrogen-bond donors (Lipinski definition) is 1. The Morgan fingerprint density at radius 1 is 1.50 bits per heavy atom. The first-order valence-corrected chi connectivity index (χ1v) is 7.52. The molecule has 0 bridgehead atoms. The summed E-state index contributed by atoms with van der Waals surface area (Å²) >= 11 is 0. The van der Waals surface area contributed by atoms with Crippen LogP contribution in [0.4, 0.5) is 5.69 Å². The number of carbonyl (C=O) groups excluding carboxylic acids is 1. The molecule has 22 heavy (non-hydrogen) atoms. The largest absolute Gasteiger partial charge is 0.381 e. The zero-order valence-corrected chi connectivity index (χ0v) is 13.0. The number of amides is 1. The van der Waals surface area contributed by atoms with Gasteiger partial charge in [0.1, 0.15) is 17.9 Å². The number of aromatic nitrogens is 2. The molecule has 0 atom stereocenters. The van der Waals surface area contributed by atoms with E-state index in [2.05, 4.69) is 10.4 Å². The Balaban J connectivity index is 1.70. The lowest BCUT2D eigenvalue weighted by atomic mass is 10.3. The molecule has 0 radical (unpaired) electrons. The maximum atomic E-state index is 11.8. The van der Waals surface area contributed by atoms with Crippen LogP contribution in [-0.2, 0) is 16.1 Å². The van der Waals surface area contributed by atoms with E-state index >= 15 is 0 Å². The molecule has 1 amide bonds. The van der Waals surface area contributed by atoms with Crippen LogP contribution in [0.3, 0.4) is 0 Å². The van der Waals surface area contributed by atoms with E-state index in [0.717, 1.165) is 18.9 Å². The zero-order valence-electron chi connectivity index (χ0n) is 13.0. The molecule has 0 saturated heterocycles. The van der Waals surface area contributed by atoms with Gasteiger partial charge < -0.3 is 10.1 Å². The molecule has 0 spiro atoms. The second kappa shape index (κ2) is 7.35. The molecule has 0 aromatic carbocycles. The molecule has 1 saturated carbocycles. The lowest BCUT2D eigenvalue weighted by Crippen LogP contribution is -2.29. The van der Waals surface area contributed by atoms with Crippen LogP contribution in [0.1, 0.15) is 30.7 Å². The molecule has 1 aromatic rings. The van der Waals surface area contributed by atoms with E-state index in [1.54, 1.807) is 13.8 Å². The topological polar surface area (TPSA) is 99.3 Å². The third-order valence-electron chi connectivity index (χ3n) is 3.66. The van der Waals surface area contributed by atoms with Gasteiger partial charge in [-0.15, -0.1) is 0 Å². The van der Waals surface area contributed by atoms with Gasteiger partial charge in [-0.1, -0.05) is 0 Å². The van der Waals surface area contributed by atoms with E-state index in [1.165, 1.54) is 17.5 Å². The Hall–Kier alpha value is -1.96. The number of hydrogen-bond acceptors (Lipinski definition) is 5. The molecule has 1 N–H and O–H groups in total. The average molecular weight is 310 g/mol. The summed E-state index contributed by atoms with van der Waals surface area (Å²) in [5, 5.41) is 17.7. The maximum absolute atomic E-state index is 11.8. The molecule has 2 rings (SSSR count). The minimum atomic E-state index is -0.469. The van der Waals surface area contributed by atoms with Crippen LogP contribution in [0.5, 0.6) is 0 Å². The van der Waals surface area contributed by atoms with E-state index in [-0.39, 0.29) is 18.1 Å². The first-order chi connectivity index (χ1) is 10.5. The Labute approximate surface area is 129 Å². The first kappa shape index (κ1) is 16.4. The van der Waals surface area contributed by atoms with Crippen molar-refractivity contribution < 1.29 is 14.5 Å². The highest BCUT2D eigenvalue weighted by Crippen LogP contribution is 2.28. The fourth-order valence-electron chi connectivity index (χ4n) is 2.23. The van der Waals surface area contributed by atoms with Crippen molar-refractivity contribution in [3.05, 3.63) is 21.5 Å². The van der Waals surface area contributed by atoms with Crippen molar-refractivity contribution >= 4 is 11.6 Å². The summed E-state index contributed by atoms with van der Waals surface area (Å²) < 4.78 is 6.85. The van der Waals surface area contributed by atoms with Gasteiger partial charge in [0, 0.05) is 19.8 Å². The average Bonchev–Trinajstić information content (AvgIpc) is 3.21. The summed E-state index contributed by atoms with van der Waals surface area (Å²) in [6, 6.07) is 0. The van der Waals surface area contributed by atoms with E-state index in [1.807, 2.05) is 0 Å². The van der Waals surface area contributed by atoms with Crippen LogP contribution in [0.25, 0.3) is 0 Å². The maximum Gasteiger partial charge on any atom is 0.312 e. The van der Waals surface area contributed by atoms with Crippen molar-refractivity contribution in [3.8, 4) is 0 Å². The van der Waals surface area contributed by atoms with Gasteiger partial charge in [-0.2, -0.15) is 5.10 Å². The van der Waals surface area contributed by atoms with E-state index < -0.39 is 4.92 Å². The molecule has 1 aromatic heterocycles. The van der Waals surface area contributed by atoms with Gasteiger partial charge in [0.2, 0.25) is 5.91 Å². The Bertz CT molecular complexity index is 551. The minimum Gasteiger partial charge on any atom is -0.381 e. The number of aryl methyl sites for hydroxylation is 1. The lowest BCUT2D eigenvalue weighted by molar-refractivity contribution is -0.386. The monoisotopic (exact) mass is 310 g/mol. The van der Waals surface area contributed by atoms with Crippen LogP contribution >= 0.6 is 0 Å². The quantitative estimate of drug-likeness (QED) is 0.421. The van der Waals surface area contributed by atoms with Gasteiger partial charge in [0.25, 0.3) is 0 Å². The molecule has 1 aliphatic rings. The van der Waals surface area contributed by atoms with Gasteiger partial charge in [-0.05, 0) is 39.0 Å². The molecular formula is C14H22N4O4. The summed E-state index contributed by atoms with van der Waals surface area (Å²) in [6.45, 7) is 5.15. The molecule has 1 heterocycles. The molecule has 1 aliphatic carbocycles. The number of nitrogens with one attached hydrogen (secondary N) is 1. The van der Waals surface area contributed by atoms with E-state index in [9.17, 15) is 14.9 Å². The van der Waals surface area contributed by atoms with Gasteiger partial charge in [0.05, 0.1) is 4.92 Å². The predicted molar refractivity (Wildman–Crippen MR) is 79.5 cm³/mol. The zero-order chi connectivity index (χ0) is 16.1. The molecule has 1 fully saturated rings. The summed E-state index contributed by atoms with van der Waals surface area (Å²) in [4.78, 5) is 22.3. The third kappa shape index (κ3) is 4.52. The van der Waals surface area contributed by atoms with Crippen molar-refractivity contribution in [2.75, 3.05) is 19.8 Å². The molecule has 8 nitrogen and oxygen atoms in total. The van der Waals surface area contributed by atoms with Gasteiger partial charge in [-0.25, -0.2) is 0 Å². The number of ether oxygens (including phenoxy) is 1. The molecule has 0 aliphatic heterocycles. The van der Waals surface area contributed by atoms with Crippen LogP contribution in [0.15, 0.2) is 0 Å². The van der Waals surface area contributed by atoms with Crippen molar-refractivity contribution in [3.63, 3.8) is 0 Å². The van der Waals surface area contributed by atoms with Gasteiger partial charge in [0.15, 0.2) is 0 Å². The summed E-state index contributed by atoms with van der Waals surface area (Å²) in [5.74, 6) is 0.541. The SMILES string of the molecule is Cc1nn(CC(=O)NCCCOCC2CC2)c(C)c1[N+](=O)[O-]. The van der Waals surface area contributed by atoms with Crippen molar-refractivity contribution in [2.45, 2.75) is 39.7 Å². The summed E-state index contributed by atoms with van der Waals surface area (Å²) in [7, 11) is 0. The van der Waals surface area contributed by atoms with Crippen molar-refractivity contribution in [2.24, 2.45) is 5.92 Å². The molecule has 0 unspecified atom stereocenters. The fraction of sp³-hybridized carbons (Fsp3) is 0.714. The van der Waals surface area contributed by atoms with E-state index in [4.69, 9.17) is 4.74 Å². The smallest absolute Gasteiger partial charge is 0.312 e. The van der Waals surface area contributed by atoms with Crippen LogP contribution in [-0.4, -0.2) is 40.4 Å². The second-order valence-corrected chi connectivity index (χ2v) is 5.66. The normalized spacial score (nSPS) is 14.1. The van der Waals surface area contributed by atoms with Gasteiger partial charge in [-0.3, -0.25) is 19.6 Å². The van der Waals surface area contributed by atoms with Crippen LogP contribution < -0.4 is 5.32 Å². The van der Waals surface area contributed by atoms with Crippen LogP contribution in [0, 0.1) is 29.9 Å². The highest BCUT2D eigenvalue weighted by atomic mass is 16.6. The highest BCUT2D eigenvalue weighted by Gasteiger charge is 2.22. The van der Waals surface area contributed by atoms with Crippen LogP contribution in [0.2, 0.25) is 0 Å². The molecule has 122 valence electrons. The highest BCUT2D eigenvalue weighted by molar-refractivity contribution is 5.75. The summed E-state index contributed by atoms with van der Waals surface area (Å²) in [6.07, 6.45) is 3.30.